The van der Waals surface area contributed by atoms with Gasteiger partial charge in [0.05, 0.1) is 11.6 Å². The summed E-state index contributed by atoms with van der Waals surface area (Å²) in [5.41, 5.74) is 1.34. The number of piperazine rings is 1. The highest BCUT2D eigenvalue weighted by Crippen LogP contribution is 2.26. The second-order valence-electron chi connectivity index (χ2n) is 5.54. The Kier molecular flexibility index (Phi) is 5.87. The van der Waals surface area contributed by atoms with E-state index < -0.39 is 0 Å². The van der Waals surface area contributed by atoms with E-state index in [2.05, 4.69) is 51.7 Å². The van der Waals surface area contributed by atoms with Crippen LogP contribution in [-0.4, -0.2) is 49.1 Å². The third-order valence-corrected chi connectivity index (χ3v) is 4.86. The van der Waals surface area contributed by atoms with Crippen molar-refractivity contribution < 1.29 is 4.74 Å². The predicted molar refractivity (Wildman–Crippen MR) is 87.3 cm³/mol. The summed E-state index contributed by atoms with van der Waals surface area (Å²) in [5.74, 6) is 0.898. The summed E-state index contributed by atoms with van der Waals surface area (Å²) >= 11 is 3.56. The standard InChI is InChI=1S/C16H25BrN2O/c1-4-13(2)19-9-7-18(8-10-19)12-14-5-6-16(20-3)15(17)11-14/h5-6,11,13H,4,7-10,12H2,1-3H3/t13-/m1/s1. The van der Waals surface area contributed by atoms with Gasteiger partial charge in [0.25, 0.3) is 0 Å². The smallest absolute Gasteiger partial charge is 0.133 e. The molecule has 0 spiro atoms. The normalized spacial score (nSPS) is 19.0. The molecule has 1 fully saturated rings. The van der Waals surface area contributed by atoms with Crippen LogP contribution in [0.1, 0.15) is 25.8 Å². The SMILES string of the molecule is CC[C@@H](C)N1CCN(Cc2ccc(OC)c(Br)c2)CC1. The van der Waals surface area contributed by atoms with Crippen LogP contribution in [0.3, 0.4) is 0 Å². The molecule has 1 aliphatic rings. The van der Waals surface area contributed by atoms with Crippen molar-refractivity contribution in [2.24, 2.45) is 0 Å². The summed E-state index contributed by atoms with van der Waals surface area (Å²) in [5, 5.41) is 0. The van der Waals surface area contributed by atoms with Crippen molar-refractivity contribution in [1.29, 1.82) is 0 Å². The fraction of sp³-hybridized carbons (Fsp3) is 0.625. The van der Waals surface area contributed by atoms with E-state index >= 15 is 0 Å². The fourth-order valence-electron chi connectivity index (χ4n) is 2.69. The van der Waals surface area contributed by atoms with Gasteiger partial charge in [-0.15, -0.1) is 0 Å². The minimum atomic E-state index is 0.715. The van der Waals surface area contributed by atoms with Gasteiger partial charge in [0.15, 0.2) is 0 Å². The van der Waals surface area contributed by atoms with Gasteiger partial charge in [0, 0.05) is 38.8 Å². The Bertz CT molecular complexity index is 430. The van der Waals surface area contributed by atoms with Crippen LogP contribution >= 0.6 is 15.9 Å². The molecule has 1 aromatic carbocycles. The molecule has 0 amide bonds. The van der Waals surface area contributed by atoms with E-state index in [-0.39, 0.29) is 0 Å². The van der Waals surface area contributed by atoms with E-state index in [0.717, 1.165) is 29.9 Å². The molecular weight excluding hydrogens is 316 g/mol. The second-order valence-corrected chi connectivity index (χ2v) is 6.39. The van der Waals surface area contributed by atoms with E-state index in [0.29, 0.717) is 6.04 Å². The number of hydrogen-bond donors (Lipinski definition) is 0. The van der Waals surface area contributed by atoms with Gasteiger partial charge in [-0.2, -0.15) is 0 Å². The van der Waals surface area contributed by atoms with Crippen molar-refractivity contribution in [3.63, 3.8) is 0 Å². The van der Waals surface area contributed by atoms with E-state index in [9.17, 15) is 0 Å². The second kappa shape index (κ2) is 7.43. The number of ether oxygens (including phenoxy) is 1. The molecule has 3 nitrogen and oxygen atoms in total. The average Bonchev–Trinajstić information content (AvgIpc) is 2.47. The lowest BCUT2D eigenvalue weighted by molar-refractivity contribution is 0.0963. The van der Waals surface area contributed by atoms with Crippen molar-refractivity contribution in [2.45, 2.75) is 32.9 Å². The van der Waals surface area contributed by atoms with Gasteiger partial charge in [0.2, 0.25) is 0 Å². The number of benzene rings is 1. The van der Waals surface area contributed by atoms with Crippen LogP contribution in [0.4, 0.5) is 0 Å². The molecule has 1 atom stereocenters. The molecule has 2 rings (SSSR count). The van der Waals surface area contributed by atoms with Crippen LogP contribution in [0.15, 0.2) is 22.7 Å². The van der Waals surface area contributed by atoms with Gasteiger partial charge in [-0.3, -0.25) is 9.80 Å². The highest BCUT2D eigenvalue weighted by atomic mass is 79.9. The van der Waals surface area contributed by atoms with Gasteiger partial charge >= 0.3 is 0 Å². The summed E-state index contributed by atoms with van der Waals surface area (Å²) in [6, 6.07) is 7.08. The Morgan fingerprint density at radius 3 is 2.50 bits per heavy atom. The van der Waals surface area contributed by atoms with Crippen molar-refractivity contribution >= 4 is 15.9 Å². The number of methoxy groups -OCH3 is 1. The first-order valence-electron chi connectivity index (χ1n) is 7.42. The van der Waals surface area contributed by atoms with Crippen LogP contribution in [0.5, 0.6) is 5.75 Å². The summed E-state index contributed by atoms with van der Waals surface area (Å²) in [4.78, 5) is 5.13. The van der Waals surface area contributed by atoms with Gasteiger partial charge < -0.3 is 4.74 Å². The largest absolute Gasteiger partial charge is 0.496 e. The molecule has 112 valence electrons. The van der Waals surface area contributed by atoms with Gasteiger partial charge in [-0.1, -0.05) is 13.0 Å². The Morgan fingerprint density at radius 1 is 1.25 bits per heavy atom. The fourth-order valence-corrected chi connectivity index (χ4v) is 3.27. The first-order valence-corrected chi connectivity index (χ1v) is 8.22. The maximum atomic E-state index is 5.28. The predicted octanol–water partition coefficient (Wildman–Crippen LogP) is 3.37. The zero-order valence-electron chi connectivity index (χ0n) is 12.7. The minimum Gasteiger partial charge on any atom is -0.496 e. The van der Waals surface area contributed by atoms with Crippen LogP contribution in [-0.2, 0) is 6.54 Å². The molecule has 0 bridgehead atoms. The number of rotatable bonds is 5. The highest BCUT2D eigenvalue weighted by Gasteiger charge is 2.20. The third-order valence-electron chi connectivity index (χ3n) is 4.24. The lowest BCUT2D eigenvalue weighted by Gasteiger charge is -2.37. The van der Waals surface area contributed by atoms with Crippen LogP contribution in [0.25, 0.3) is 0 Å². The lowest BCUT2D eigenvalue weighted by Crippen LogP contribution is -2.48. The molecule has 0 unspecified atom stereocenters. The van der Waals surface area contributed by atoms with E-state index in [1.54, 1.807) is 7.11 Å². The summed E-state index contributed by atoms with van der Waals surface area (Å²) in [7, 11) is 1.70. The molecular formula is C16H25BrN2O. The zero-order chi connectivity index (χ0) is 14.5. The molecule has 1 aromatic rings. The molecule has 0 radical (unpaired) electrons. The summed E-state index contributed by atoms with van der Waals surface area (Å²) in [6.45, 7) is 10.3. The maximum Gasteiger partial charge on any atom is 0.133 e. The van der Waals surface area contributed by atoms with Crippen LogP contribution in [0.2, 0.25) is 0 Å². The van der Waals surface area contributed by atoms with Gasteiger partial charge in [-0.25, -0.2) is 0 Å². The van der Waals surface area contributed by atoms with E-state index in [1.165, 1.54) is 25.1 Å². The summed E-state index contributed by atoms with van der Waals surface area (Å²) < 4.78 is 6.31. The quantitative estimate of drug-likeness (QED) is 0.817. The van der Waals surface area contributed by atoms with Crippen LogP contribution < -0.4 is 4.74 Å². The van der Waals surface area contributed by atoms with Crippen molar-refractivity contribution in [2.75, 3.05) is 33.3 Å². The van der Waals surface area contributed by atoms with Crippen molar-refractivity contribution in [3.8, 4) is 5.75 Å². The molecule has 4 heteroatoms. The zero-order valence-corrected chi connectivity index (χ0v) is 14.3. The van der Waals surface area contributed by atoms with Crippen LogP contribution in [0, 0.1) is 0 Å². The van der Waals surface area contributed by atoms with Crippen molar-refractivity contribution in [1.82, 2.24) is 9.80 Å². The highest BCUT2D eigenvalue weighted by molar-refractivity contribution is 9.10. The first-order chi connectivity index (χ1) is 9.63. The lowest BCUT2D eigenvalue weighted by atomic mass is 10.1. The van der Waals surface area contributed by atoms with E-state index in [1.807, 2.05) is 6.07 Å². The Hall–Kier alpha value is -0.580. The Labute approximate surface area is 131 Å². The molecule has 0 N–H and O–H groups in total. The maximum absolute atomic E-state index is 5.28. The number of nitrogens with zero attached hydrogens (tertiary/aromatic N) is 2. The molecule has 1 aliphatic heterocycles. The monoisotopic (exact) mass is 340 g/mol. The molecule has 1 saturated heterocycles. The summed E-state index contributed by atoms with van der Waals surface area (Å²) in [6.07, 6.45) is 1.24. The minimum absolute atomic E-state index is 0.715. The van der Waals surface area contributed by atoms with Gasteiger partial charge in [0.1, 0.15) is 5.75 Å². The topological polar surface area (TPSA) is 15.7 Å². The molecule has 20 heavy (non-hydrogen) atoms. The number of halogens is 1. The van der Waals surface area contributed by atoms with Crippen molar-refractivity contribution in [3.05, 3.63) is 28.2 Å². The third kappa shape index (κ3) is 3.96. The Morgan fingerprint density at radius 2 is 1.95 bits per heavy atom. The molecule has 0 saturated carbocycles. The van der Waals surface area contributed by atoms with E-state index in [4.69, 9.17) is 4.74 Å². The first kappa shape index (κ1) is 15.8. The number of hydrogen-bond acceptors (Lipinski definition) is 3. The van der Waals surface area contributed by atoms with Gasteiger partial charge in [-0.05, 0) is 47.0 Å². The Balaban J connectivity index is 1.88. The molecule has 0 aromatic heterocycles. The molecule has 1 heterocycles. The average molecular weight is 341 g/mol. The molecule has 0 aliphatic carbocycles.